The Morgan fingerprint density at radius 3 is 2.59 bits per heavy atom. The molecule has 1 aliphatic rings. The van der Waals surface area contributed by atoms with Crippen LogP contribution in [0.3, 0.4) is 0 Å². The zero-order chi connectivity index (χ0) is 19.0. The average molecular weight is 362 g/mol. The number of fused-ring (bicyclic) bond motifs is 1. The Balaban J connectivity index is 1.64. The van der Waals surface area contributed by atoms with E-state index in [0.717, 1.165) is 35.3 Å². The number of hydrogen-bond donors (Lipinski definition) is 1. The second-order valence-electron chi connectivity index (χ2n) is 7.75. The van der Waals surface area contributed by atoms with E-state index in [1.54, 1.807) is 4.68 Å². The Labute approximate surface area is 159 Å². The number of nitrogens with zero attached hydrogens (tertiary/aromatic N) is 3. The minimum absolute atomic E-state index is 0.0381. The quantitative estimate of drug-likeness (QED) is 0.767. The van der Waals surface area contributed by atoms with Crippen LogP contribution in [0, 0.1) is 13.8 Å². The average Bonchev–Trinajstić information content (AvgIpc) is 3.26. The summed E-state index contributed by atoms with van der Waals surface area (Å²) in [5.41, 5.74) is 4.47. The summed E-state index contributed by atoms with van der Waals surface area (Å²) in [5, 5.41) is 8.53. The fourth-order valence-electron chi connectivity index (χ4n) is 4.50. The Hall–Kier alpha value is -2.69. The van der Waals surface area contributed by atoms with Crippen LogP contribution in [0.2, 0.25) is 0 Å². The lowest BCUT2D eigenvalue weighted by Gasteiger charge is -2.30. The lowest BCUT2D eigenvalue weighted by Crippen LogP contribution is -2.39. The zero-order valence-corrected chi connectivity index (χ0v) is 16.2. The third-order valence-corrected chi connectivity index (χ3v) is 5.88. The predicted molar refractivity (Wildman–Crippen MR) is 107 cm³/mol. The van der Waals surface area contributed by atoms with Gasteiger partial charge in [0.1, 0.15) is 0 Å². The van der Waals surface area contributed by atoms with Crippen LogP contribution in [0.4, 0.5) is 0 Å². The number of carbonyl (C=O) groups excluding carboxylic acids is 1. The van der Waals surface area contributed by atoms with Crippen molar-refractivity contribution in [2.45, 2.75) is 44.9 Å². The van der Waals surface area contributed by atoms with Crippen LogP contribution >= 0.6 is 0 Å². The van der Waals surface area contributed by atoms with Gasteiger partial charge in [-0.1, -0.05) is 43.2 Å². The SMILES string of the molecule is Cc1cc(C(=O)NCC2(c3ccccc3)CCCC2)c2c(C)nn(C)c2n1. The van der Waals surface area contributed by atoms with Crippen molar-refractivity contribution >= 4 is 16.9 Å². The Morgan fingerprint density at radius 1 is 1.19 bits per heavy atom. The van der Waals surface area contributed by atoms with Crippen LogP contribution in [-0.4, -0.2) is 27.2 Å². The number of hydrogen-bond acceptors (Lipinski definition) is 3. The number of rotatable bonds is 4. The molecule has 0 unspecified atom stereocenters. The maximum Gasteiger partial charge on any atom is 0.252 e. The minimum Gasteiger partial charge on any atom is -0.351 e. The van der Waals surface area contributed by atoms with Gasteiger partial charge in [-0.15, -0.1) is 0 Å². The standard InChI is InChI=1S/C22H26N4O/c1-15-13-18(19-16(2)25-26(3)20(19)24-15)21(27)23-14-22(11-7-8-12-22)17-9-5-4-6-10-17/h4-6,9-10,13H,7-8,11-12,14H2,1-3H3,(H,23,27). The first-order valence-corrected chi connectivity index (χ1v) is 9.65. The summed E-state index contributed by atoms with van der Waals surface area (Å²) in [5.74, 6) is -0.0381. The highest BCUT2D eigenvalue weighted by atomic mass is 16.1. The first-order valence-electron chi connectivity index (χ1n) is 9.65. The van der Waals surface area contributed by atoms with Gasteiger partial charge < -0.3 is 5.32 Å². The van der Waals surface area contributed by atoms with Crippen molar-refractivity contribution in [2.75, 3.05) is 6.54 Å². The summed E-state index contributed by atoms with van der Waals surface area (Å²) >= 11 is 0. The normalized spacial score (nSPS) is 16.0. The molecule has 1 saturated carbocycles. The molecule has 1 fully saturated rings. The third-order valence-electron chi connectivity index (χ3n) is 5.88. The van der Waals surface area contributed by atoms with E-state index in [-0.39, 0.29) is 11.3 Å². The van der Waals surface area contributed by atoms with Gasteiger partial charge in [-0.25, -0.2) is 4.98 Å². The first kappa shape index (κ1) is 17.7. The zero-order valence-electron chi connectivity index (χ0n) is 16.2. The number of aryl methyl sites for hydroxylation is 3. The van der Waals surface area contributed by atoms with Gasteiger partial charge in [-0.2, -0.15) is 5.10 Å². The lowest BCUT2D eigenvalue weighted by atomic mass is 9.79. The van der Waals surface area contributed by atoms with E-state index in [2.05, 4.69) is 39.7 Å². The molecule has 2 aromatic heterocycles. The molecule has 3 aromatic rings. The highest BCUT2D eigenvalue weighted by molar-refractivity contribution is 6.06. The molecule has 0 atom stereocenters. The van der Waals surface area contributed by atoms with E-state index in [4.69, 9.17) is 0 Å². The molecule has 5 nitrogen and oxygen atoms in total. The molecule has 2 heterocycles. The van der Waals surface area contributed by atoms with E-state index >= 15 is 0 Å². The van der Waals surface area contributed by atoms with Gasteiger partial charge in [0.15, 0.2) is 5.65 Å². The minimum atomic E-state index is -0.0381. The maximum atomic E-state index is 13.1. The molecule has 140 valence electrons. The molecular weight excluding hydrogens is 336 g/mol. The van der Waals surface area contributed by atoms with Crippen LogP contribution in [0.5, 0.6) is 0 Å². The van der Waals surface area contributed by atoms with Gasteiger partial charge >= 0.3 is 0 Å². The summed E-state index contributed by atoms with van der Waals surface area (Å²) in [6.45, 7) is 4.51. The smallest absolute Gasteiger partial charge is 0.252 e. The van der Waals surface area contributed by atoms with Crippen molar-refractivity contribution in [1.82, 2.24) is 20.1 Å². The summed E-state index contributed by atoms with van der Waals surface area (Å²) in [6.07, 6.45) is 4.66. The van der Waals surface area contributed by atoms with E-state index < -0.39 is 0 Å². The second-order valence-corrected chi connectivity index (χ2v) is 7.75. The van der Waals surface area contributed by atoms with Crippen LogP contribution in [-0.2, 0) is 12.5 Å². The summed E-state index contributed by atoms with van der Waals surface area (Å²) in [7, 11) is 1.87. The highest BCUT2D eigenvalue weighted by Gasteiger charge is 2.36. The van der Waals surface area contributed by atoms with Gasteiger partial charge in [-0.05, 0) is 38.3 Å². The fraction of sp³-hybridized carbons (Fsp3) is 0.409. The van der Waals surface area contributed by atoms with Crippen LogP contribution < -0.4 is 5.32 Å². The number of pyridine rings is 1. The topological polar surface area (TPSA) is 59.8 Å². The van der Waals surface area contributed by atoms with E-state index in [0.29, 0.717) is 12.1 Å². The van der Waals surface area contributed by atoms with E-state index in [1.807, 2.05) is 33.0 Å². The molecule has 0 aliphatic heterocycles. The molecule has 0 spiro atoms. The number of amides is 1. The van der Waals surface area contributed by atoms with Crippen molar-refractivity contribution in [3.63, 3.8) is 0 Å². The van der Waals surface area contributed by atoms with E-state index in [9.17, 15) is 4.79 Å². The van der Waals surface area contributed by atoms with Crippen molar-refractivity contribution in [3.8, 4) is 0 Å². The number of aromatic nitrogens is 3. The second kappa shape index (κ2) is 6.80. The molecule has 27 heavy (non-hydrogen) atoms. The van der Waals surface area contributed by atoms with Crippen LogP contribution in [0.1, 0.15) is 53.0 Å². The Bertz CT molecular complexity index is 984. The fourth-order valence-corrected chi connectivity index (χ4v) is 4.50. The molecule has 1 aliphatic carbocycles. The lowest BCUT2D eigenvalue weighted by molar-refractivity contribution is 0.0944. The molecule has 5 heteroatoms. The molecule has 4 rings (SSSR count). The number of carbonyl (C=O) groups is 1. The summed E-state index contributed by atoms with van der Waals surface area (Å²) in [6, 6.07) is 12.5. The van der Waals surface area contributed by atoms with Gasteiger partial charge in [0.25, 0.3) is 5.91 Å². The van der Waals surface area contributed by atoms with Crippen molar-refractivity contribution < 1.29 is 4.79 Å². The van der Waals surface area contributed by atoms with E-state index in [1.165, 1.54) is 18.4 Å². The third kappa shape index (κ3) is 3.11. The first-order chi connectivity index (χ1) is 13.0. The number of benzene rings is 1. The Kier molecular flexibility index (Phi) is 4.46. The molecule has 0 bridgehead atoms. The molecule has 0 saturated heterocycles. The van der Waals surface area contributed by atoms with Gasteiger partial charge in [0.2, 0.25) is 0 Å². The summed E-state index contributed by atoms with van der Waals surface area (Å²) < 4.78 is 1.75. The molecular formula is C22H26N4O. The van der Waals surface area contributed by atoms with Gasteiger partial charge in [-0.3, -0.25) is 9.48 Å². The molecule has 0 radical (unpaired) electrons. The van der Waals surface area contributed by atoms with Crippen LogP contribution in [0.25, 0.3) is 11.0 Å². The predicted octanol–water partition coefficient (Wildman–Crippen LogP) is 3.83. The maximum absolute atomic E-state index is 13.1. The molecule has 1 N–H and O–H groups in total. The highest BCUT2D eigenvalue weighted by Crippen LogP contribution is 2.40. The number of nitrogens with one attached hydrogen (secondary N) is 1. The Morgan fingerprint density at radius 2 is 1.89 bits per heavy atom. The molecule has 1 aromatic carbocycles. The van der Waals surface area contributed by atoms with Gasteiger partial charge in [0, 0.05) is 24.7 Å². The van der Waals surface area contributed by atoms with Crippen molar-refractivity contribution in [1.29, 1.82) is 0 Å². The monoisotopic (exact) mass is 362 g/mol. The largest absolute Gasteiger partial charge is 0.351 e. The van der Waals surface area contributed by atoms with Crippen molar-refractivity contribution in [2.24, 2.45) is 7.05 Å². The van der Waals surface area contributed by atoms with Gasteiger partial charge in [0.05, 0.1) is 16.6 Å². The van der Waals surface area contributed by atoms with Crippen molar-refractivity contribution in [3.05, 3.63) is 58.9 Å². The summed E-state index contributed by atoms with van der Waals surface area (Å²) in [4.78, 5) is 17.7. The van der Waals surface area contributed by atoms with Crippen LogP contribution in [0.15, 0.2) is 36.4 Å². The molecule has 1 amide bonds.